The number of rotatable bonds is 3. The van der Waals surface area contributed by atoms with Crippen LogP contribution in [-0.2, 0) is 6.54 Å². The van der Waals surface area contributed by atoms with Crippen LogP contribution < -0.4 is 10.5 Å². The molecule has 0 amide bonds. The highest BCUT2D eigenvalue weighted by Crippen LogP contribution is 2.25. The molecule has 90 valence electrons. The van der Waals surface area contributed by atoms with Gasteiger partial charge in [0.1, 0.15) is 5.02 Å². The summed E-state index contributed by atoms with van der Waals surface area (Å²) in [7, 11) is 1.84. The van der Waals surface area contributed by atoms with Crippen molar-refractivity contribution in [3.63, 3.8) is 0 Å². The molecule has 0 atom stereocenters. The van der Waals surface area contributed by atoms with E-state index in [-0.39, 0.29) is 10.6 Å². The van der Waals surface area contributed by atoms with Gasteiger partial charge < -0.3 is 4.90 Å². The van der Waals surface area contributed by atoms with Crippen LogP contribution in [0.25, 0.3) is 0 Å². The number of hydrogen-bond acceptors (Lipinski definition) is 4. The third-order valence-electron chi connectivity index (χ3n) is 2.21. The lowest BCUT2D eigenvalue weighted by Crippen LogP contribution is -2.20. The zero-order valence-electron chi connectivity index (χ0n) is 8.91. The van der Waals surface area contributed by atoms with Gasteiger partial charge in [0, 0.05) is 11.9 Å². The summed E-state index contributed by atoms with van der Waals surface area (Å²) in [6, 6.07) is 3.78. The first-order chi connectivity index (χ1) is 8.08. The van der Waals surface area contributed by atoms with Gasteiger partial charge in [0.2, 0.25) is 0 Å². The van der Waals surface area contributed by atoms with E-state index in [2.05, 4.69) is 10.2 Å². The van der Waals surface area contributed by atoms with E-state index in [1.54, 1.807) is 0 Å². The van der Waals surface area contributed by atoms with Gasteiger partial charge in [-0.2, -0.15) is 5.10 Å². The number of H-pyrrole nitrogens is 1. The highest BCUT2D eigenvalue weighted by molar-refractivity contribution is 7.16. The van der Waals surface area contributed by atoms with Crippen molar-refractivity contribution in [3.05, 3.63) is 42.9 Å². The van der Waals surface area contributed by atoms with Crippen molar-refractivity contribution in [1.29, 1.82) is 0 Å². The molecular formula is C10H9Cl2N3OS. The van der Waals surface area contributed by atoms with Gasteiger partial charge in [-0.05, 0) is 12.1 Å². The summed E-state index contributed by atoms with van der Waals surface area (Å²) in [6.45, 7) is 0.627. The van der Waals surface area contributed by atoms with E-state index >= 15 is 0 Å². The van der Waals surface area contributed by atoms with Crippen molar-refractivity contribution in [3.8, 4) is 0 Å². The quantitative estimate of drug-likeness (QED) is 0.945. The number of aromatic nitrogens is 2. The molecular weight excluding hydrogens is 281 g/mol. The highest BCUT2D eigenvalue weighted by atomic mass is 35.5. The molecule has 0 fully saturated rings. The second-order valence-corrected chi connectivity index (χ2v) is 5.64. The molecule has 2 aromatic heterocycles. The number of anilines is 1. The number of thiophene rings is 1. The predicted molar refractivity (Wildman–Crippen MR) is 71.3 cm³/mol. The lowest BCUT2D eigenvalue weighted by molar-refractivity contribution is 0.905. The Morgan fingerprint density at radius 3 is 2.88 bits per heavy atom. The molecule has 2 heterocycles. The van der Waals surface area contributed by atoms with Crippen LogP contribution in [-0.4, -0.2) is 17.2 Å². The fourth-order valence-electron chi connectivity index (χ4n) is 1.40. The van der Waals surface area contributed by atoms with Crippen molar-refractivity contribution < 1.29 is 0 Å². The predicted octanol–water partition coefficient (Wildman–Crippen LogP) is 2.77. The molecule has 17 heavy (non-hydrogen) atoms. The number of aromatic amines is 1. The summed E-state index contributed by atoms with van der Waals surface area (Å²) in [5.74, 6) is 0. The van der Waals surface area contributed by atoms with E-state index in [1.165, 1.54) is 17.5 Å². The van der Waals surface area contributed by atoms with Crippen LogP contribution in [0.3, 0.4) is 0 Å². The minimum atomic E-state index is -0.389. The molecule has 2 aromatic rings. The van der Waals surface area contributed by atoms with Crippen LogP contribution in [0.4, 0.5) is 5.69 Å². The van der Waals surface area contributed by atoms with Crippen LogP contribution in [0, 0.1) is 0 Å². The molecule has 1 N–H and O–H groups in total. The lowest BCUT2D eigenvalue weighted by Gasteiger charge is -2.18. The van der Waals surface area contributed by atoms with Gasteiger partial charge in [-0.3, -0.25) is 4.79 Å². The minimum absolute atomic E-state index is 0.144. The number of nitrogens with zero attached hydrogens (tertiary/aromatic N) is 2. The average Bonchev–Trinajstić information content (AvgIpc) is 2.68. The maximum Gasteiger partial charge on any atom is 0.285 e. The monoisotopic (exact) mass is 289 g/mol. The smallest absolute Gasteiger partial charge is 0.285 e. The first-order valence-electron chi connectivity index (χ1n) is 4.76. The molecule has 0 aliphatic rings. The zero-order valence-corrected chi connectivity index (χ0v) is 11.2. The number of hydrogen-bond donors (Lipinski definition) is 1. The SMILES string of the molecule is CN(Cc1ccc(Cl)s1)c1cn[nH]c(=O)c1Cl. The molecule has 0 aromatic carbocycles. The largest absolute Gasteiger partial charge is 0.367 e. The van der Waals surface area contributed by atoms with Crippen LogP contribution in [0.15, 0.2) is 23.1 Å². The van der Waals surface area contributed by atoms with Gasteiger partial charge in [-0.15, -0.1) is 11.3 Å². The molecule has 4 nitrogen and oxygen atoms in total. The van der Waals surface area contributed by atoms with E-state index < -0.39 is 0 Å². The normalized spacial score (nSPS) is 10.5. The van der Waals surface area contributed by atoms with Gasteiger partial charge in [-0.1, -0.05) is 23.2 Å². The van der Waals surface area contributed by atoms with Crippen molar-refractivity contribution in [1.82, 2.24) is 10.2 Å². The standard InChI is InChI=1S/C10H9Cl2N3OS/c1-15(5-6-2-3-8(11)17-6)7-4-13-14-10(16)9(7)12/h2-4H,5H2,1H3,(H,14,16). The second-order valence-electron chi connectivity index (χ2n) is 3.46. The summed E-state index contributed by atoms with van der Waals surface area (Å²) in [4.78, 5) is 14.3. The van der Waals surface area contributed by atoms with E-state index in [0.29, 0.717) is 12.2 Å². The molecule has 0 unspecified atom stereocenters. The van der Waals surface area contributed by atoms with E-state index in [4.69, 9.17) is 23.2 Å². The Kier molecular flexibility index (Phi) is 3.71. The Morgan fingerprint density at radius 2 is 2.24 bits per heavy atom. The molecule has 0 radical (unpaired) electrons. The summed E-state index contributed by atoms with van der Waals surface area (Å²) in [5.41, 5.74) is 0.208. The van der Waals surface area contributed by atoms with Gasteiger partial charge in [0.05, 0.1) is 22.8 Å². The van der Waals surface area contributed by atoms with Gasteiger partial charge in [-0.25, -0.2) is 5.10 Å². The fourth-order valence-corrected chi connectivity index (χ4v) is 2.77. The lowest BCUT2D eigenvalue weighted by atomic mass is 10.3. The molecule has 0 spiro atoms. The first kappa shape index (κ1) is 12.4. The maximum absolute atomic E-state index is 11.3. The summed E-state index contributed by atoms with van der Waals surface area (Å²) in [5, 5.41) is 6.15. The van der Waals surface area contributed by atoms with Gasteiger partial charge in [0.25, 0.3) is 5.56 Å². The first-order valence-corrected chi connectivity index (χ1v) is 6.33. The summed E-state index contributed by atoms with van der Waals surface area (Å²) >= 11 is 13.3. The van der Waals surface area contributed by atoms with Crippen molar-refractivity contribution in [2.24, 2.45) is 0 Å². The van der Waals surface area contributed by atoms with Crippen LogP contribution >= 0.6 is 34.5 Å². The second kappa shape index (κ2) is 5.08. The van der Waals surface area contributed by atoms with Crippen LogP contribution in [0.2, 0.25) is 9.36 Å². The van der Waals surface area contributed by atoms with E-state index in [1.807, 2.05) is 24.1 Å². The maximum atomic E-state index is 11.3. The molecule has 0 saturated heterocycles. The number of halogens is 2. The van der Waals surface area contributed by atoms with E-state index in [0.717, 1.165) is 9.21 Å². The third kappa shape index (κ3) is 2.80. The fraction of sp³-hybridized carbons (Fsp3) is 0.200. The van der Waals surface area contributed by atoms with Crippen molar-refractivity contribution in [2.75, 3.05) is 11.9 Å². The Labute approximate surface area is 112 Å². The summed E-state index contributed by atoms with van der Waals surface area (Å²) < 4.78 is 0.739. The molecule has 0 bridgehead atoms. The van der Waals surface area contributed by atoms with Crippen LogP contribution in [0.1, 0.15) is 4.88 Å². The topological polar surface area (TPSA) is 49.0 Å². The Balaban J connectivity index is 2.23. The van der Waals surface area contributed by atoms with Crippen molar-refractivity contribution >= 4 is 40.2 Å². The Morgan fingerprint density at radius 1 is 1.47 bits per heavy atom. The van der Waals surface area contributed by atoms with E-state index in [9.17, 15) is 4.79 Å². The number of nitrogens with one attached hydrogen (secondary N) is 1. The molecule has 0 saturated carbocycles. The highest BCUT2D eigenvalue weighted by Gasteiger charge is 2.11. The zero-order chi connectivity index (χ0) is 12.4. The minimum Gasteiger partial charge on any atom is -0.367 e. The molecule has 0 aliphatic heterocycles. The summed E-state index contributed by atoms with van der Waals surface area (Å²) in [6.07, 6.45) is 1.53. The van der Waals surface area contributed by atoms with Crippen molar-refractivity contribution in [2.45, 2.75) is 6.54 Å². The molecule has 7 heteroatoms. The Hall–Kier alpha value is -1.04. The molecule has 0 aliphatic carbocycles. The Bertz CT molecular complexity index is 581. The van der Waals surface area contributed by atoms with Gasteiger partial charge >= 0.3 is 0 Å². The molecule has 2 rings (SSSR count). The average molecular weight is 290 g/mol. The third-order valence-corrected chi connectivity index (χ3v) is 3.79. The van der Waals surface area contributed by atoms with Gasteiger partial charge in [0.15, 0.2) is 0 Å². The van der Waals surface area contributed by atoms with Crippen LogP contribution in [0.5, 0.6) is 0 Å².